The molecule has 4 rings (SSSR count). The van der Waals surface area contributed by atoms with Crippen LogP contribution in [0, 0.1) is 11.3 Å². The van der Waals surface area contributed by atoms with Crippen molar-refractivity contribution in [2.45, 2.75) is 11.8 Å². The molecule has 2 aromatic heterocycles. The van der Waals surface area contributed by atoms with Gasteiger partial charge in [0.1, 0.15) is 22.6 Å². The van der Waals surface area contributed by atoms with Gasteiger partial charge >= 0.3 is 0 Å². The Bertz CT molecular complexity index is 1420. The number of hydrogen-bond acceptors (Lipinski definition) is 7. The summed E-state index contributed by atoms with van der Waals surface area (Å²) in [4.78, 5) is 15.5. The Labute approximate surface area is 182 Å². The Hall–Kier alpha value is -3.74. The van der Waals surface area contributed by atoms with Crippen LogP contribution in [0.15, 0.2) is 70.0 Å². The van der Waals surface area contributed by atoms with Crippen LogP contribution in [0.1, 0.15) is 17.7 Å². The SMILES string of the molecule is CC(=O)NS(=O)(=O)c1ccc(-c2ccc(/C=C(/C#N)c3nc4ccccc4s3)o2)cc1. The van der Waals surface area contributed by atoms with Gasteiger partial charge in [-0.2, -0.15) is 5.26 Å². The van der Waals surface area contributed by atoms with Crippen LogP contribution in [0.5, 0.6) is 0 Å². The first-order chi connectivity index (χ1) is 14.9. The predicted octanol–water partition coefficient (Wildman–Crippen LogP) is 4.45. The summed E-state index contributed by atoms with van der Waals surface area (Å²) in [5, 5.41) is 10.2. The van der Waals surface area contributed by atoms with Crippen LogP contribution < -0.4 is 4.72 Å². The van der Waals surface area contributed by atoms with Crippen LogP contribution in [-0.2, 0) is 14.8 Å². The molecule has 0 bridgehead atoms. The Balaban J connectivity index is 1.60. The maximum absolute atomic E-state index is 12.0. The maximum Gasteiger partial charge on any atom is 0.264 e. The molecule has 7 nitrogen and oxygen atoms in total. The zero-order valence-corrected chi connectivity index (χ0v) is 17.8. The minimum Gasteiger partial charge on any atom is -0.457 e. The Morgan fingerprint density at radius 3 is 2.55 bits per heavy atom. The number of amides is 1. The number of benzene rings is 2. The first kappa shape index (κ1) is 20.5. The molecule has 0 aliphatic rings. The summed E-state index contributed by atoms with van der Waals surface area (Å²) in [6.07, 6.45) is 1.62. The van der Waals surface area contributed by atoms with Gasteiger partial charge in [-0.1, -0.05) is 12.1 Å². The molecule has 2 heterocycles. The molecule has 2 aromatic carbocycles. The molecule has 4 aromatic rings. The third-order valence-corrected chi connectivity index (χ3v) is 6.80. The van der Waals surface area contributed by atoms with E-state index >= 15 is 0 Å². The number of nitriles is 1. The highest BCUT2D eigenvalue weighted by atomic mass is 32.2. The van der Waals surface area contributed by atoms with Gasteiger partial charge in [0.15, 0.2) is 0 Å². The second kappa shape index (κ2) is 8.18. The molecule has 0 aliphatic heterocycles. The normalized spacial score (nSPS) is 11.9. The van der Waals surface area contributed by atoms with E-state index in [-0.39, 0.29) is 4.90 Å². The molecule has 0 saturated carbocycles. The lowest BCUT2D eigenvalue weighted by Crippen LogP contribution is -2.28. The number of rotatable bonds is 5. The van der Waals surface area contributed by atoms with Gasteiger partial charge in [0, 0.05) is 18.6 Å². The molecule has 9 heteroatoms. The lowest BCUT2D eigenvalue weighted by Gasteiger charge is -2.05. The molecule has 0 saturated heterocycles. The van der Waals surface area contributed by atoms with Crippen molar-refractivity contribution in [3.63, 3.8) is 0 Å². The fourth-order valence-corrected chi connectivity index (χ4v) is 4.83. The molecule has 1 amide bonds. The molecule has 31 heavy (non-hydrogen) atoms. The summed E-state index contributed by atoms with van der Waals surface area (Å²) in [6.45, 7) is 1.13. The average Bonchev–Trinajstić information content (AvgIpc) is 3.38. The Kier molecular flexibility index (Phi) is 5.42. The molecule has 1 N–H and O–H groups in total. The molecule has 0 radical (unpaired) electrons. The van der Waals surface area contributed by atoms with Gasteiger partial charge in [-0.25, -0.2) is 18.1 Å². The number of fused-ring (bicyclic) bond motifs is 1. The summed E-state index contributed by atoms with van der Waals surface area (Å²) < 4.78 is 32.8. The number of para-hydroxylation sites is 1. The van der Waals surface area contributed by atoms with Gasteiger partial charge in [0.2, 0.25) is 5.91 Å². The van der Waals surface area contributed by atoms with Gasteiger partial charge < -0.3 is 4.42 Å². The van der Waals surface area contributed by atoms with Crippen LogP contribution >= 0.6 is 11.3 Å². The van der Waals surface area contributed by atoms with E-state index in [1.807, 2.05) is 29.0 Å². The van der Waals surface area contributed by atoms with Crippen LogP contribution in [0.4, 0.5) is 0 Å². The quantitative estimate of drug-likeness (QED) is 0.451. The molecule has 0 spiro atoms. The third kappa shape index (κ3) is 4.40. The van der Waals surface area contributed by atoms with Crippen molar-refractivity contribution >= 4 is 49.1 Å². The number of sulfonamides is 1. The zero-order valence-electron chi connectivity index (χ0n) is 16.2. The minimum absolute atomic E-state index is 0.0271. The number of carbonyl (C=O) groups excluding carboxylic acids is 1. The number of carbonyl (C=O) groups is 1. The van der Waals surface area contributed by atoms with Crippen LogP contribution in [0.25, 0.3) is 33.2 Å². The van der Waals surface area contributed by atoms with Crippen molar-refractivity contribution in [2.75, 3.05) is 0 Å². The molecule has 0 fully saturated rings. The standard InChI is InChI=1S/C22H15N3O4S2/c1-14(26)25-31(27,28)18-9-6-15(7-10-18)20-11-8-17(29-20)12-16(13-23)22-24-19-4-2-3-5-21(19)30-22/h2-12H,1H3,(H,25,26)/b16-12-. The fourth-order valence-electron chi connectivity index (χ4n) is 2.90. The second-order valence-corrected chi connectivity index (χ2v) is 9.26. The maximum atomic E-state index is 12.0. The van der Waals surface area contributed by atoms with Crippen LogP contribution in [0.2, 0.25) is 0 Å². The fraction of sp³-hybridized carbons (Fsp3) is 0.0455. The number of hydrogen-bond donors (Lipinski definition) is 1. The smallest absolute Gasteiger partial charge is 0.264 e. The first-order valence-electron chi connectivity index (χ1n) is 9.07. The van der Waals surface area contributed by atoms with Crippen molar-refractivity contribution in [2.24, 2.45) is 0 Å². The average molecular weight is 450 g/mol. The molecular formula is C22H15N3O4S2. The molecular weight excluding hydrogens is 434 g/mol. The predicted molar refractivity (Wildman–Crippen MR) is 118 cm³/mol. The van der Waals surface area contributed by atoms with Gasteiger partial charge in [-0.15, -0.1) is 11.3 Å². The summed E-state index contributed by atoms with van der Waals surface area (Å²) in [6, 6.07) is 19.2. The van der Waals surface area contributed by atoms with E-state index in [0.717, 1.165) is 17.1 Å². The van der Waals surface area contributed by atoms with Crippen LogP contribution in [-0.4, -0.2) is 19.3 Å². The Morgan fingerprint density at radius 1 is 1.13 bits per heavy atom. The zero-order chi connectivity index (χ0) is 22.0. The lowest BCUT2D eigenvalue weighted by atomic mass is 10.2. The summed E-state index contributed by atoms with van der Waals surface area (Å²) in [7, 11) is -3.90. The van der Waals surface area contributed by atoms with E-state index < -0.39 is 15.9 Å². The molecule has 0 atom stereocenters. The summed E-state index contributed by atoms with van der Waals surface area (Å²) in [5.41, 5.74) is 1.87. The highest BCUT2D eigenvalue weighted by molar-refractivity contribution is 7.90. The highest BCUT2D eigenvalue weighted by Gasteiger charge is 2.16. The Morgan fingerprint density at radius 2 is 1.87 bits per heavy atom. The molecule has 154 valence electrons. The van der Waals surface area contributed by atoms with Crippen molar-refractivity contribution in [3.05, 3.63) is 71.4 Å². The van der Waals surface area contributed by atoms with Gasteiger partial charge in [0.05, 0.1) is 20.7 Å². The first-order valence-corrected chi connectivity index (χ1v) is 11.4. The number of furan rings is 1. The van der Waals surface area contributed by atoms with E-state index in [9.17, 15) is 18.5 Å². The largest absolute Gasteiger partial charge is 0.457 e. The monoisotopic (exact) mass is 449 g/mol. The van der Waals surface area contributed by atoms with E-state index in [2.05, 4.69) is 11.1 Å². The van der Waals surface area contributed by atoms with Gasteiger partial charge in [-0.05, 0) is 48.5 Å². The number of nitrogens with one attached hydrogen (secondary N) is 1. The van der Waals surface area contributed by atoms with E-state index in [4.69, 9.17) is 4.42 Å². The minimum atomic E-state index is -3.90. The number of nitrogens with zero attached hydrogens (tertiary/aromatic N) is 2. The number of aromatic nitrogens is 1. The lowest BCUT2D eigenvalue weighted by molar-refractivity contribution is -0.117. The van der Waals surface area contributed by atoms with E-state index in [0.29, 0.717) is 27.7 Å². The van der Waals surface area contributed by atoms with E-state index in [1.165, 1.54) is 23.5 Å². The molecule has 0 aliphatic carbocycles. The van der Waals surface area contributed by atoms with Crippen molar-refractivity contribution < 1.29 is 17.6 Å². The van der Waals surface area contributed by atoms with Crippen molar-refractivity contribution in [3.8, 4) is 17.4 Å². The number of allylic oxidation sites excluding steroid dienone is 1. The molecule has 0 unspecified atom stereocenters. The highest BCUT2D eigenvalue weighted by Crippen LogP contribution is 2.30. The van der Waals surface area contributed by atoms with Gasteiger partial charge in [0.25, 0.3) is 10.0 Å². The van der Waals surface area contributed by atoms with Crippen LogP contribution in [0.3, 0.4) is 0 Å². The number of thiazole rings is 1. The summed E-state index contributed by atoms with van der Waals surface area (Å²) >= 11 is 1.43. The van der Waals surface area contributed by atoms with Crippen molar-refractivity contribution in [1.82, 2.24) is 9.71 Å². The second-order valence-electron chi connectivity index (χ2n) is 6.54. The van der Waals surface area contributed by atoms with E-state index in [1.54, 1.807) is 30.3 Å². The van der Waals surface area contributed by atoms with Crippen molar-refractivity contribution in [1.29, 1.82) is 5.26 Å². The topological polar surface area (TPSA) is 113 Å². The van der Waals surface area contributed by atoms with Gasteiger partial charge in [-0.3, -0.25) is 4.79 Å². The summed E-state index contributed by atoms with van der Waals surface area (Å²) in [5.74, 6) is 0.324. The third-order valence-electron chi connectivity index (χ3n) is 4.29.